The smallest absolute Gasteiger partial charge is 0.295 e. The molecule has 1 N–H and O–H groups in total. The number of hydrogen-bond donors (Lipinski definition) is 1. The molecule has 7 heteroatoms. The Morgan fingerprint density at radius 3 is 2.39 bits per heavy atom. The Morgan fingerprint density at radius 1 is 1.16 bits per heavy atom. The normalized spacial score (nSPS) is 17.9. The molecule has 0 saturated carbocycles. The molecule has 1 amide bonds. The molecular formula is C24H25FN2O4. The van der Waals surface area contributed by atoms with Crippen molar-refractivity contribution >= 4 is 17.4 Å². The molecule has 1 saturated heterocycles. The SMILES string of the molecule is C=CCOc1ccc(C2C(=C([O-])c3ccc(F)cc3)C(=O)C(=O)N2CC[NH+](C)C)cc1. The number of carbonyl (C=O) groups is 2. The minimum Gasteiger partial charge on any atom is -0.872 e. The fraction of sp³-hybridized carbons (Fsp3) is 0.250. The van der Waals surface area contributed by atoms with Gasteiger partial charge in [-0.1, -0.05) is 42.7 Å². The van der Waals surface area contributed by atoms with E-state index in [1.165, 1.54) is 17.0 Å². The predicted molar refractivity (Wildman–Crippen MR) is 113 cm³/mol. The van der Waals surface area contributed by atoms with Gasteiger partial charge in [0.05, 0.1) is 33.2 Å². The van der Waals surface area contributed by atoms with Gasteiger partial charge in [-0.2, -0.15) is 0 Å². The number of carbonyl (C=O) groups excluding carboxylic acids is 2. The highest BCUT2D eigenvalue weighted by atomic mass is 19.1. The van der Waals surface area contributed by atoms with Crippen molar-refractivity contribution in [1.29, 1.82) is 0 Å². The number of ketones is 1. The summed E-state index contributed by atoms with van der Waals surface area (Å²) < 4.78 is 18.8. The second-order valence-corrected chi connectivity index (χ2v) is 7.61. The predicted octanol–water partition coefficient (Wildman–Crippen LogP) is 0.759. The first kappa shape index (κ1) is 22.2. The highest BCUT2D eigenvalue weighted by Gasteiger charge is 2.44. The molecule has 0 radical (unpaired) electrons. The molecule has 1 heterocycles. The van der Waals surface area contributed by atoms with Gasteiger partial charge in [-0.25, -0.2) is 4.39 Å². The topological polar surface area (TPSA) is 74.1 Å². The van der Waals surface area contributed by atoms with Crippen molar-refractivity contribution in [2.75, 3.05) is 33.8 Å². The number of likely N-dealkylation sites (N-methyl/N-ethyl adjacent to an activating group) is 1. The summed E-state index contributed by atoms with van der Waals surface area (Å²) >= 11 is 0. The first-order chi connectivity index (χ1) is 14.8. The van der Waals surface area contributed by atoms with E-state index in [1.807, 2.05) is 14.1 Å². The van der Waals surface area contributed by atoms with Gasteiger partial charge < -0.3 is 19.6 Å². The van der Waals surface area contributed by atoms with Crippen molar-refractivity contribution in [1.82, 2.24) is 4.90 Å². The third-order valence-electron chi connectivity index (χ3n) is 5.05. The van der Waals surface area contributed by atoms with E-state index in [2.05, 4.69) is 6.58 Å². The van der Waals surface area contributed by atoms with E-state index in [-0.39, 0.29) is 11.1 Å². The number of hydrogen-bond acceptors (Lipinski definition) is 4. The van der Waals surface area contributed by atoms with Gasteiger partial charge in [-0.3, -0.25) is 9.59 Å². The monoisotopic (exact) mass is 424 g/mol. The van der Waals surface area contributed by atoms with Crippen LogP contribution in [0, 0.1) is 5.82 Å². The molecular weight excluding hydrogens is 399 g/mol. The van der Waals surface area contributed by atoms with Gasteiger partial charge in [-0.05, 0) is 35.4 Å². The zero-order valence-electron chi connectivity index (χ0n) is 17.6. The van der Waals surface area contributed by atoms with Crippen molar-refractivity contribution < 1.29 is 28.7 Å². The van der Waals surface area contributed by atoms with Crippen molar-refractivity contribution in [2.45, 2.75) is 6.04 Å². The highest BCUT2D eigenvalue weighted by Crippen LogP contribution is 2.38. The van der Waals surface area contributed by atoms with E-state index in [9.17, 15) is 19.1 Å². The van der Waals surface area contributed by atoms with Gasteiger partial charge in [0.25, 0.3) is 5.91 Å². The Balaban J connectivity index is 2.07. The van der Waals surface area contributed by atoms with Gasteiger partial charge in [0.1, 0.15) is 18.2 Å². The number of Topliss-reactive ketones (excluding diaryl/α,β-unsaturated/α-hetero) is 1. The number of nitrogens with zero attached hydrogens (tertiary/aromatic N) is 1. The lowest BCUT2D eigenvalue weighted by Crippen LogP contribution is -3.06. The van der Waals surface area contributed by atoms with E-state index < -0.39 is 29.3 Å². The molecule has 0 aromatic heterocycles. The molecule has 6 nitrogen and oxygen atoms in total. The average molecular weight is 424 g/mol. The van der Waals surface area contributed by atoms with Crippen LogP contribution >= 0.6 is 0 Å². The van der Waals surface area contributed by atoms with Crippen LogP contribution in [0.5, 0.6) is 5.75 Å². The van der Waals surface area contributed by atoms with Gasteiger partial charge in [0.2, 0.25) is 5.78 Å². The van der Waals surface area contributed by atoms with Crippen molar-refractivity contribution in [2.24, 2.45) is 0 Å². The van der Waals surface area contributed by atoms with E-state index in [0.717, 1.165) is 17.0 Å². The minimum atomic E-state index is -0.819. The maximum Gasteiger partial charge on any atom is 0.295 e. The molecule has 2 aromatic rings. The van der Waals surface area contributed by atoms with Crippen LogP contribution in [0.4, 0.5) is 4.39 Å². The molecule has 1 aliphatic heterocycles. The minimum absolute atomic E-state index is 0.120. The Bertz CT molecular complexity index is 997. The van der Waals surface area contributed by atoms with Gasteiger partial charge in [0, 0.05) is 5.57 Å². The zero-order valence-corrected chi connectivity index (χ0v) is 17.6. The van der Waals surface area contributed by atoms with E-state index in [0.29, 0.717) is 31.0 Å². The molecule has 3 rings (SSSR count). The molecule has 0 spiro atoms. The summed E-state index contributed by atoms with van der Waals surface area (Å²) in [5.41, 5.74) is 0.670. The van der Waals surface area contributed by atoms with E-state index >= 15 is 0 Å². The standard InChI is InChI=1S/C24H25FN2O4/c1-4-15-31-19-11-7-16(8-12-19)21-20(22(28)17-5-9-18(25)10-6-17)23(29)24(30)27(21)14-13-26(2)3/h4-12,21,28H,1,13-15H2,2-3H3. The lowest BCUT2D eigenvalue weighted by molar-refractivity contribution is -0.857. The van der Waals surface area contributed by atoms with Gasteiger partial charge in [-0.15, -0.1) is 0 Å². The number of benzene rings is 2. The fourth-order valence-corrected chi connectivity index (χ4v) is 3.45. The Labute approximate surface area is 180 Å². The summed E-state index contributed by atoms with van der Waals surface area (Å²) in [5, 5.41) is 13.2. The van der Waals surface area contributed by atoms with Crippen LogP contribution in [0.1, 0.15) is 17.2 Å². The number of halogens is 1. The first-order valence-electron chi connectivity index (χ1n) is 9.98. The molecule has 0 bridgehead atoms. The summed E-state index contributed by atoms with van der Waals surface area (Å²) in [5.74, 6) is -1.98. The summed E-state index contributed by atoms with van der Waals surface area (Å²) in [6.07, 6.45) is 1.63. The van der Waals surface area contributed by atoms with Crippen LogP contribution in [0.15, 0.2) is 66.8 Å². The molecule has 1 aliphatic rings. The maximum atomic E-state index is 13.3. The molecule has 1 unspecified atom stereocenters. The maximum absolute atomic E-state index is 13.3. The van der Waals surface area contributed by atoms with Crippen molar-refractivity contribution in [3.05, 3.63) is 83.7 Å². The summed E-state index contributed by atoms with van der Waals surface area (Å²) in [4.78, 5) is 28.2. The average Bonchev–Trinajstić information content (AvgIpc) is 3.01. The third kappa shape index (κ3) is 4.83. The van der Waals surface area contributed by atoms with Gasteiger partial charge in [0.15, 0.2) is 0 Å². The van der Waals surface area contributed by atoms with Crippen LogP contribution in [0.3, 0.4) is 0 Å². The number of amides is 1. The summed E-state index contributed by atoms with van der Waals surface area (Å²) in [6.45, 7) is 4.87. The van der Waals surface area contributed by atoms with Crippen LogP contribution in [-0.4, -0.2) is 50.4 Å². The highest BCUT2D eigenvalue weighted by molar-refractivity contribution is 6.46. The molecule has 31 heavy (non-hydrogen) atoms. The molecule has 162 valence electrons. The zero-order chi connectivity index (χ0) is 22.5. The largest absolute Gasteiger partial charge is 0.872 e. The van der Waals surface area contributed by atoms with Gasteiger partial charge >= 0.3 is 0 Å². The number of likely N-dealkylation sites (tertiary alicyclic amines) is 1. The number of quaternary nitrogens is 1. The third-order valence-corrected chi connectivity index (χ3v) is 5.05. The molecule has 2 aromatic carbocycles. The van der Waals surface area contributed by atoms with Crippen LogP contribution < -0.4 is 14.7 Å². The second-order valence-electron chi connectivity index (χ2n) is 7.61. The lowest BCUT2D eigenvalue weighted by Gasteiger charge is -2.27. The van der Waals surface area contributed by atoms with Crippen LogP contribution in [-0.2, 0) is 9.59 Å². The number of rotatable bonds is 8. The van der Waals surface area contributed by atoms with Crippen molar-refractivity contribution in [3.8, 4) is 5.75 Å². The molecule has 1 atom stereocenters. The number of ether oxygens (including phenoxy) is 1. The number of nitrogens with one attached hydrogen (secondary N) is 1. The van der Waals surface area contributed by atoms with Crippen LogP contribution in [0.25, 0.3) is 5.76 Å². The van der Waals surface area contributed by atoms with Crippen molar-refractivity contribution in [3.63, 3.8) is 0 Å². The van der Waals surface area contributed by atoms with Crippen LogP contribution in [0.2, 0.25) is 0 Å². The fourth-order valence-electron chi connectivity index (χ4n) is 3.45. The molecule has 1 fully saturated rings. The van der Waals surface area contributed by atoms with E-state index in [4.69, 9.17) is 4.74 Å². The summed E-state index contributed by atoms with van der Waals surface area (Å²) in [7, 11) is 3.88. The second kappa shape index (κ2) is 9.57. The summed E-state index contributed by atoms with van der Waals surface area (Å²) in [6, 6.07) is 11.1. The first-order valence-corrected chi connectivity index (χ1v) is 9.98. The molecule has 0 aliphatic carbocycles. The van der Waals surface area contributed by atoms with E-state index in [1.54, 1.807) is 30.3 Å². The Kier molecular flexibility index (Phi) is 6.87. The Hall–Kier alpha value is -3.45. The lowest BCUT2D eigenvalue weighted by atomic mass is 9.95. The quantitative estimate of drug-likeness (QED) is 0.294. The Morgan fingerprint density at radius 2 is 1.81 bits per heavy atom.